The third kappa shape index (κ3) is 3.71. The molecule has 0 spiro atoms. The standard InChI is InChI=1S/C14H17NO5S2/c1-10-3-4-11-9-12(21(16)20-8-7-15-2)5-6-13(11)14(10)22(17,18)19/h3-6,9,15H,7-8H2,1-2H3,(H,17,18,19). The Morgan fingerprint density at radius 1 is 1.27 bits per heavy atom. The second kappa shape index (κ2) is 6.84. The van der Waals surface area contributed by atoms with E-state index in [0.29, 0.717) is 34.4 Å². The van der Waals surface area contributed by atoms with Crippen molar-refractivity contribution in [2.24, 2.45) is 0 Å². The van der Waals surface area contributed by atoms with Gasteiger partial charge in [0.2, 0.25) is 0 Å². The maximum atomic E-state index is 12.0. The Morgan fingerprint density at radius 2 is 2.00 bits per heavy atom. The van der Waals surface area contributed by atoms with Gasteiger partial charge in [-0.05, 0) is 37.1 Å². The summed E-state index contributed by atoms with van der Waals surface area (Å²) in [5, 5.41) is 3.84. The third-order valence-corrected chi connectivity index (χ3v) is 5.21. The highest BCUT2D eigenvalue weighted by Crippen LogP contribution is 2.28. The van der Waals surface area contributed by atoms with Gasteiger partial charge in [0.25, 0.3) is 10.1 Å². The van der Waals surface area contributed by atoms with E-state index in [1.165, 1.54) is 12.1 Å². The molecule has 8 heteroatoms. The highest BCUT2D eigenvalue weighted by molar-refractivity contribution is 7.86. The van der Waals surface area contributed by atoms with Gasteiger partial charge in [-0.25, -0.2) is 4.21 Å². The van der Waals surface area contributed by atoms with E-state index in [2.05, 4.69) is 5.32 Å². The minimum atomic E-state index is -4.33. The minimum Gasteiger partial charge on any atom is -0.317 e. The van der Waals surface area contributed by atoms with E-state index >= 15 is 0 Å². The van der Waals surface area contributed by atoms with E-state index < -0.39 is 21.2 Å². The first kappa shape index (κ1) is 17.0. The van der Waals surface area contributed by atoms with E-state index in [1.807, 2.05) is 0 Å². The van der Waals surface area contributed by atoms with Gasteiger partial charge < -0.3 is 5.32 Å². The van der Waals surface area contributed by atoms with Crippen molar-refractivity contribution in [3.63, 3.8) is 0 Å². The fourth-order valence-electron chi connectivity index (χ4n) is 2.12. The SMILES string of the molecule is CNCCOS(=O)c1ccc2c(S(=O)(=O)O)c(C)ccc2c1. The van der Waals surface area contributed by atoms with Crippen molar-refractivity contribution < 1.29 is 21.4 Å². The maximum Gasteiger partial charge on any atom is 0.295 e. The van der Waals surface area contributed by atoms with Crippen LogP contribution in [0.2, 0.25) is 0 Å². The zero-order valence-electron chi connectivity index (χ0n) is 12.2. The molecule has 0 heterocycles. The van der Waals surface area contributed by atoms with Gasteiger partial charge in [0.05, 0.1) is 11.5 Å². The normalized spacial score (nSPS) is 13.4. The predicted octanol–water partition coefficient (Wildman–Crippen LogP) is 1.65. The number of fused-ring (bicyclic) bond motifs is 1. The Labute approximate surface area is 131 Å². The lowest BCUT2D eigenvalue weighted by molar-refractivity contribution is 0.347. The van der Waals surface area contributed by atoms with Gasteiger partial charge >= 0.3 is 0 Å². The molecule has 0 aliphatic carbocycles. The summed E-state index contributed by atoms with van der Waals surface area (Å²) in [6, 6.07) is 7.97. The number of hydrogen-bond acceptors (Lipinski definition) is 5. The van der Waals surface area contributed by atoms with Crippen LogP contribution in [-0.4, -0.2) is 37.4 Å². The molecular weight excluding hydrogens is 326 g/mol. The molecule has 2 aromatic carbocycles. The average molecular weight is 343 g/mol. The summed E-state index contributed by atoms with van der Waals surface area (Å²) in [5.74, 6) is 0. The quantitative estimate of drug-likeness (QED) is 0.612. The zero-order chi connectivity index (χ0) is 16.3. The van der Waals surface area contributed by atoms with Gasteiger partial charge in [-0.3, -0.25) is 8.74 Å². The summed E-state index contributed by atoms with van der Waals surface area (Å²) in [7, 11) is -2.56. The molecule has 2 N–H and O–H groups in total. The van der Waals surface area contributed by atoms with Gasteiger partial charge in [0.1, 0.15) is 4.90 Å². The van der Waals surface area contributed by atoms with Crippen LogP contribution in [0.5, 0.6) is 0 Å². The third-order valence-electron chi connectivity index (χ3n) is 3.13. The number of benzene rings is 2. The number of likely N-dealkylation sites (N-methyl/N-ethyl adjacent to an activating group) is 1. The van der Waals surface area contributed by atoms with Gasteiger partial charge in [0, 0.05) is 11.9 Å². The van der Waals surface area contributed by atoms with Gasteiger partial charge in [0.15, 0.2) is 11.1 Å². The fraction of sp³-hybridized carbons (Fsp3) is 0.286. The average Bonchev–Trinajstić information content (AvgIpc) is 2.45. The lowest BCUT2D eigenvalue weighted by atomic mass is 10.1. The molecule has 0 bridgehead atoms. The van der Waals surface area contributed by atoms with Crippen LogP contribution in [-0.2, 0) is 25.4 Å². The lowest BCUT2D eigenvalue weighted by Gasteiger charge is -2.09. The largest absolute Gasteiger partial charge is 0.317 e. The molecule has 2 aromatic rings. The highest BCUT2D eigenvalue weighted by Gasteiger charge is 2.18. The molecule has 0 fully saturated rings. The van der Waals surface area contributed by atoms with E-state index in [4.69, 9.17) is 4.18 Å². The van der Waals surface area contributed by atoms with Crippen molar-refractivity contribution in [2.45, 2.75) is 16.7 Å². The van der Waals surface area contributed by atoms with Gasteiger partial charge in [-0.2, -0.15) is 8.42 Å². The summed E-state index contributed by atoms with van der Waals surface area (Å²) in [5.41, 5.74) is 0.453. The fourth-order valence-corrected chi connectivity index (χ4v) is 3.83. The molecule has 22 heavy (non-hydrogen) atoms. The van der Waals surface area contributed by atoms with Crippen molar-refractivity contribution in [1.82, 2.24) is 5.32 Å². The van der Waals surface area contributed by atoms with Crippen LogP contribution in [0.3, 0.4) is 0 Å². The minimum absolute atomic E-state index is 0.126. The summed E-state index contributed by atoms with van der Waals surface area (Å²) in [6.07, 6.45) is 0. The van der Waals surface area contributed by atoms with Crippen molar-refractivity contribution >= 4 is 32.0 Å². The number of rotatable bonds is 6. The van der Waals surface area contributed by atoms with Crippen LogP contribution in [0.1, 0.15) is 5.56 Å². The lowest BCUT2D eigenvalue weighted by Crippen LogP contribution is -2.15. The number of nitrogens with one attached hydrogen (secondary N) is 1. The van der Waals surface area contributed by atoms with E-state index in [-0.39, 0.29) is 4.90 Å². The Kier molecular flexibility index (Phi) is 5.30. The summed E-state index contributed by atoms with van der Waals surface area (Å²) in [4.78, 5) is 0.312. The zero-order valence-corrected chi connectivity index (χ0v) is 13.8. The molecule has 0 aromatic heterocycles. The van der Waals surface area contributed by atoms with Gasteiger partial charge in [-0.1, -0.05) is 18.2 Å². The van der Waals surface area contributed by atoms with Crippen molar-refractivity contribution in [1.29, 1.82) is 0 Å². The second-order valence-electron chi connectivity index (χ2n) is 4.73. The Hall–Kier alpha value is -1.32. The number of aryl methyl sites for hydroxylation is 1. The van der Waals surface area contributed by atoms with E-state index in [1.54, 1.807) is 32.2 Å². The Bertz CT molecular complexity index is 817. The molecule has 0 aliphatic rings. The smallest absolute Gasteiger partial charge is 0.295 e. The molecule has 120 valence electrons. The van der Waals surface area contributed by atoms with Crippen LogP contribution < -0.4 is 5.32 Å². The van der Waals surface area contributed by atoms with Crippen molar-refractivity contribution in [3.8, 4) is 0 Å². The molecule has 0 saturated carbocycles. The first-order valence-corrected chi connectivity index (χ1v) is 9.06. The highest BCUT2D eigenvalue weighted by atomic mass is 32.2. The monoisotopic (exact) mass is 343 g/mol. The van der Waals surface area contributed by atoms with Crippen LogP contribution >= 0.6 is 0 Å². The van der Waals surface area contributed by atoms with Crippen LogP contribution in [0.4, 0.5) is 0 Å². The number of hydrogen-bond donors (Lipinski definition) is 2. The molecule has 0 aliphatic heterocycles. The molecule has 6 nitrogen and oxygen atoms in total. The van der Waals surface area contributed by atoms with Crippen LogP contribution in [0.15, 0.2) is 40.1 Å². The molecule has 2 rings (SSSR count). The summed E-state index contributed by atoms with van der Waals surface area (Å²) >= 11 is -1.63. The van der Waals surface area contributed by atoms with Crippen molar-refractivity contribution in [3.05, 3.63) is 35.9 Å². The summed E-state index contributed by atoms with van der Waals surface area (Å²) < 4.78 is 49.6. The molecule has 0 radical (unpaired) electrons. The van der Waals surface area contributed by atoms with E-state index in [0.717, 1.165) is 0 Å². The van der Waals surface area contributed by atoms with Crippen LogP contribution in [0.25, 0.3) is 10.8 Å². The topological polar surface area (TPSA) is 92.7 Å². The molecule has 1 unspecified atom stereocenters. The van der Waals surface area contributed by atoms with E-state index in [9.17, 15) is 17.2 Å². The molecule has 0 saturated heterocycles. The first-order chi connectivity index (χ1) is 10.3. The molecular formula is C14H17NO5S2. The Morgan fingerprint density at radius 3 is 2.64 bits per heavy atom. The van der Waals surface area contributed by atoms with Crippen LogP contribution in [0, 0.1) is 6.92 Å². The molecule has 0 amide bonds. The predicted molar refractivity (Wildman–Crippen MR) is 84.8 cm³/mol. The second-order valence-corrected chi connectivity index (χ2v) is 7.26. The van der Waals surface area contributed by atoms with Crippen molar-refractivity contribution in [2.75, 3.05) is 20.2 Å². The Balaban J connectivity index is 2.45. The molecule has 1 atom stereocenters. The summed E-state index contributed by atoms with van der Waals surface area (Å²) in [6.45, 7) is 2.48. The van der Waals surface area contributed by atoms with Gasteiger partial charge in [-0.15, -0.1) is 0 Å². The maximum absolute atomic E-state index is 12.0. The first-order valence-electron chi connectivity index (χ1n) is 6.55.